The van der Waals surface area contributed by atoms with E-state index in [1.807, 2.05) is 18.4 Å². The van der Waals surface area contributed by atoms with Gasteiger partial charge in [0.15, 0.2) is 0 Å². The quantitative estimate of drug-likeness (QED) is 0.317. The third kappa shape index (κ3) is 6.93. The average molecular weight is 355 g/mol. The third-order valence-corrected chi connectivity index (χ3v) is 3.42. The largest absolute Gasteiger partial charge is 1.00 e. The van der Waals surface area contributed by atoms with E-state index in [0.29, 0.717) is 0 Å². The van der Waals surface area contributed by atoms with Crippen molar-refractivity contribution in [2.24, 2.45) is 0 Å². The molecule has 0 N–H and O–H groups in total. The zero-order chi connectivity index (χ0) is 9.56. The summed E-state index contributed by atoms with van der Waals surface area (Å²) in [5, 5.41) is 0.840. The fourth-order valence-electron chi connectivity index (χ4n) is 0.604. The Morgan fingerprint density at radius 3 is 2.31 bits per heavy atom. The number of thioether (sulfide) groups is 1. The van der Waals surface area contributed by atoms with Crippen LogP contribution >= 0.6 is 46.0 Å². The zero-order valence-corrected chi connectivity index (χ0v) is 14.4. The van der Waals surface area contributed by atoms with Gasteiger partial charge in [0.05, 0.1) is 5.02 Å². The van der Waals surface area contributed by atoms with Crippen LogP contribution in [-0.2, 0) is 12.6 Å². The van der Waals surface area contributed by atoms with Crippen LogP contribution in [0.15, 0.2) is 23.1 Å². The van der Waals surface area contributed by atoms with Gasteiger partial charge < -0.3 is 12.6 Å². The molecule has 0 heterocycles. The average Bonchev–Trinajstić information content (AvgIpc) is 2.13. The van der Waals surface area contributed by atoms with Crippen molar-refractivity contribution in [2.45, 2.75) is 4.90 Å². The Morgan fingerprint density at radius 1 is 1.38 bits per heavy atom. The Hall–Kier alpha value is 1.94. The SMILES string of the molecule is CSc1ccc(I)c(Cl)c1.C[S-].[Na+]. The van der Waals surface area contributed by atoms with E-state index in [2.05, 4.69) is 41.3 Å². The molecule has 0 nitrogen and oxygen atoms in total. The van der Waals surface area contributed by atoms with Crippen molar-refractivity contribution in [2.75, 3.05) is 12.5 Å². The summed E-state index contributed by atoms with van der Waals surface area (Å²) in [6, 6.07) is 6.07. The number of halogens is 2. The van der Waals surface area contributed by atoms with Gasteiger partial charge in [0.2, 0.25) is 0 Å². The molecule has 0 aliphatic rings. The first-order valence-electron chi connectivity index (χ1n) is 3.14. The smallest absolute Gasteiger partial charge is 0.796 e. The molecule has 0 fully saturated rings. The Bertz CT molecular complexity index is 246. The Morgan fingerprint density at radius 2 is 1.92 bits per heavy atom. The van der Waals surface area contributed by atoms with Crippen LogP contribution in [0.2, 0.25) is 5.02 Å². The van der Waals surface area contributed by atoms with Crippen molar-refractivity contribution in [3.05, 3.63) is 26.8 Å². The molecule has 0 atom stereocenters. The van der Waals surface area contributed by atoms with Crippen molar-refractivity contribution < 1.29 is 29.6 Å². The molecule has 0 aliphatic carbocycles. The number of hydrogen-bond donors (Lipinski definition) is 0. The van der Waals surface area contributed by atoms with Gasteiger partial charge in [-0.1, -0.05) is 11.6 Å². The minimum absolute atomic E-state index is 0. The molecule has 0 radical (unpaired) electrons. The first-order chi connectivity index (χ1) is 5.74. The summed E-state index contributed by atoms with van der Waals surface area (Å²) >= 11 is 13.9. The molecule has 0 unspecified atom stereocenters. The summed E-state index contributed by atoms with van der Waals surface area (Å²) in [5.41, 5.74) is 0. The van der Waals surface area contributed by atoms with Gasteiger partial charge in [-0.15, -0.1) is 11.8 Å². The van der Waals surface area contributed by atoms with Crippen LogP contribution in [0.25, 0.3) is 0 Å². The molecule has 0 bridgehead atoms. The molecule has 0 aliphatic heterocycles. The molecular weight excluding hydrogens is 346 g/mol. The minimum atomic E-state index is 0. The molecule has 0 saturated carbocycles. The van der Waals surface area contributed by atoms with Gasteiger partial charge in [-0.2, -0.15) is 6.26 Å². The van der Waals surface area contributed by atoms with E-state index in [0.717, 1.165) is 8.59 Å². The van der Waals surface area contributed by atoms with Crippen LogP contribution in [-0.4, -0.2) is 12.5 Å². The first kappa shape index (κ1) is 17.3. The maximum atomic E-state index is 5.87. The molecule has 5 heteroatoms. The van der Waals surface area contributed by atoms with Gasteiger partial charge in [0, 0.05) is 8.47 Å². The fraction of sp³-hybridized carbons (Fsp3) is 0.250. The van der Waals surface area contributed by atoms with Gasteiger partial charge in [-0.25, -0.2) is 0 Å². The molecule has 68 valence electrons. The van der Waals surface area contributed by atoms with Gasteiger partial charge in [0.1, 0.15) is 0 Å². The Labute approximate surface area is 130 Å². The summed E-state index contributed by atoms with van der Waals surface area (Å²) in [4.78, 5) is 1.21. The standard InChI is InChI=1S/C7H6ClIS.CH4S.Na/c1-10-5-2-3-7(9)6(8)4-5;1-2;/h2-4H,1H3;2H,1H3;/q;;+1/p-1. The minimum Gasteiger partial charge on any atom is -0.796 e. The summed E-state index contributed by atoms with van der Waals surface area (Å²) in [6.45, 7) is 0. The summed E-state index contributed by atoms with van der Waals surface area (Å²) in [7, 11) is 0. The normalized spacial score (nSPS) is 8.08. The second-order valence-corrected chi connectivity index (χ2v) is 4.23. The van der Waals surface area contributed by atoms with E-state index in [-0.39, 0.29) is 29.6 Å². The van der Waals surface area contributed by atoms with Crippen LogP contribution in [0.1, 0.15) is 0 Å². The Kier molecular flexibility index (Phi) is 13.9. The van der Waals surface area contributed by atoms with E-state index in [1.165, 1.54) is 4.90 Å². The number of benzene rings is 1. The van der Waals surface area contributed by atoms with Crippen molar-refractivity contribution in [1.82, 2.24) is 0 Å². The molecule has 0 amide bonds. The molecule has 0 spiro atoms. The van der Waals surface area contributed by atoms with E-state index < -0.39 is 0 Å². The van der Waals surface area contributed by atoms with Crippen LogP contribution in [0, 0.1) is 3.57 Å². The molecule has 13 heavy (non-hydrogen) atoms. The zero-order valence-electron chi connectivity index (χ0n) is 7.80. The fourth-order valence-corrected chi connectivity index (χ4v) is 1.62. The maximum Gasteiger partial charge on any atom is 1.00 e. The number of rotatable bonds is 1. The van der Waals surface area contributed by atoms with E-state index >= 15 is 0 Å². The maximum absolute atomic E-state index is 5.87. The van der Waals surface area contributed by atoms with Gasteiger partial charge in [0.25, 0.3) is 0 Å². The van der Waals surface area contributed by atoms with E-state index in [4.69, 9.17) is 11.6 Å². The van der Waals surface area contributed by atoms with Crippen molar-refractivity contribution >= 4 is 58.6 Å². The van der Waals surface area contributed by atoms with Crippen molar-refractivity contribution in [3.8, 4) is 0 Å². The molecule has 0 saturated heterocycles. The summed E-state index contributed by atoms with van der Waals surface area (Å²) < 4.78 is 1.11. The van der Waals surface area contributed by atoms with E-state index in [1.54, 1.807) is 18.0 Å². The van der Waals surface area contributed by atoms with E-state index in [9.17, 15) is 0 Å². The molecule has 1 aromatic rings. The van der Waals surface area contributed by atoms with Crippen molar-refractivity contribution in [1.29, 1.82) is 0 Å². The van der Waals surface area contributed by atoms with Crippen LogP contribution in [0.5, 0.6) is 0 Å². The number of hydrogen-bond acceptors (Lipinski definition) is 2. The predicted octanol–water partition coefficient (Wildman–Crippen LogP) is 0.834. The molecular formula is C8H9ClINaS2. The van der Waals surface area contributed by atoms with Crippen LogP contribution in [0.3, 0.4) is 0 Å². The van der Waals surface area contributed by atoms with Crippen molar-refractivity contribution in [3.63, 3.8) is 0 Å². The third-order valence-electron chi connectivity index (χ3n) is 1.13. The van der Waals surface area contributed by atoms with Crippen LogP contribution < -0.4 is 29.6 Å². The van der Waals surface area contributed by atoms with Gasteiger partial charge >= 0.3 is 29.6 Å². The first-order valence-corrected chi connectivity index (χ1v) is 6.63. The molecule has 1 rings (SSSR count). The topological polar surface area (TPSA) is 0 Å². The molecule has 0 aromatic heterocycles. The Balaban J connectivity index is 0. The van der Waals surface area contributed by atoms with Gasteiger partial charge in [-0.05, 0) is 47.0 Å². The summed E-state index contributed by atoms with van der Waals surface area (Å²) in [5.74, 6) is 0. The monoisotopic (exact) mass is 354 g/mol. The second kappa shape index (κ2) is 10.5. The second-order valence-electron chi connectivity index (χ2n) is 1.78. The van der Waals surface area contributed by atoms with Gasteiger partial charge in [-0.3, -0.25) is 0 Å². The van der Waals surface area contributed by atoms with Crippen LogP contribution in [0.4, 0.5) is 0 Å². The molecule has 1 aromatic carbocycles. The predicted molar refractivity (Wildman–Crippen MR) is 69.2 cm³/mol. The summed E-state index contributed by atoms with van der Waals surface area (Å²) in [6.07, 6.45) is 3.62.